The van der Waals surface area contributed by atoms with Crippen molar-refractivity contribution in [2.45, 2.75) is 12.6 Å². The number of alkyl halides is 4. The number of hydroxylamine groups is 1. The van der Waals surface area contributed by atoms with E-state index < -0.39 is 18.7 Å². The van der Waals surface area contributed by atoms with Crippen molar-refractivity contribution in [1.29, 1.82) is 0 Å². The van der Waals surface area contributed by atoms with Crippen LogP contribution in [0.5, 0.6) is 0 Å². The molecule has 0 aliphatic rings. The van der Waals surface area contributed by atoms with E-state index in [0.717, 1.165) is 0 Å². The summed E-state index contributed by atoms with van der Waals surface area (Å²) in [5, 5.41) is 0.383. The molecule has 0 aromatic carbocycles. The van der Waals surface area contributed by atoms with E-state index in [1.807, 2.05) is 0 Å². The third kappa shape index (κ3) is 7.80. The maximum Gasteiger partial charge on any atom is 0.414 e. The van der Waals surface area contributed by atoms with Gasteiger partial charge in [0.1, 0.15) is 0 Å². The van der Waals surface area contributed by atoms with E-state index in [1.165, 1.54) is 0 Å². The molecule has 0 aromatic rings. The highest BCUT2D eigenvalue weighted by molar-refractivity contribution is 9.09. The molecule has 0 aromatic heterocycles. The van der Waals surface area contributed by atoms with Crippen LogP contribution >= 0.6 is 15.9 Å². The van der Waals surface area contributed by atoms with Crippen LogP contribution in [0.15, 0.2) is 0 Å². The first kappa shape index (κ1) is 11.7. The Morgan fingerprint density at radius 3 is 2.50 bits per heavy atom. The molecule has 1 amide bonds. The Hall–Kier alpha value is -0.300. The van der Waals surface area contributed by atoms with E-state index in [-0.39, 0.29) is 6.42 Å². The maximum atomic E-state index is 11.4. The molecule has 0 spiro atoms. The monoisotopic (exact) mass is 249 g/mol. The fraction of sp³-hybridized carbons (Fsp3) is 0.800. The van der Waals surface area contributed by atoms with Crippen molar-refractivity contribution in [3.63, 3.8) is 0 Å². The van der Waals surface area contributed by atoms with Crippen molar-refractivity contribution >= 4 is 21.8 Å². The Morgan fingerprint density at radius 2 is 2.08 bits per heavy atom. The summed E-state index contributed by atoms with van der Waals surface area (Å²) in [6, 6.07) is 0. The van der Waals surface area contributed by atoms with Crippen LogP contribution in [0, 0.1) is 0 Å². The molecule has 7 heteroatoms. The number of amides is 1. The van der Waals surface area contributed by atoms with Crippen molar-refractivity contribution in [2.75, 3.05) is 11.9 Å². The van der Waals surface area contributed by atoms with Gasteiger partial charge in [0, 0.05) is 11.8 Å². The zero-order chi connectivity index (χ0) is 9.61. The third-order valence-electron chi connectivity index (χ3n) is 0.743. The molecule has 0 radical (unpaired) electrons. The lowest BCUT2D eigenvalue weighted by atomic mass is 10.5. The molecule has 0 aliphatic heterocycles. The Kier molecular flexibility index (Phi) is 5.23. The minimum atomic E-state index is -4.41. The first-order valence-corrected chi connectivity index (χ1v) is 4.11. The highest BCUT2D eigenvalue weighted by Gasteiger charge is 2.28. The second-order valence-electron chi connectivity index (χ2n) is 1.87. The Morgan fingerprint density at radius 1 is 1.50 bits per heavy atom. The van der Waals surface area contributed by atoms with Crippen LogP contribution in [0.4, 0.5) is 13.2 Å². The number of nitrogens with one attached hydrogen (secondary N) is 1. The van der Waals surface area contributed by atoms with Crippen LogP contribution in [-0.2, 0) is 9.63 Å². The molecule has 12 heavy (non-hydrogen) atoms. The maximum absolute atomic E-state index is 11.4. The smallest absolute Gasteiger partial charge is 0.273 e. The molecular formula is C5H7BrF3NO2. The summed E-state index contributed by atoms with van der Waals surface area (Å²) < 4.78 is 34.2. The molecule has 0 bridgehead atoms. The average Bonchev–Trinajstić information content (AvgIpc) is 1.84. The summed E-state index contributed by atoms with van der Waals surface area (Å²) in [6.45, 7) is -1.47. The first-order valence-electron chi connectivity index (χ1n) is 2.99. The van der Waals surface area contributed by atoms with E-state index in [2.05, 4.69) is 20.8 Å². The molecule has 0 heterocycles. The van der Waals surface area contributed by atoms with Crippen molar-refractivity contribution in [2.24, 2.45) is 0 Å². The number of hydrogen-bond acceptors (Lipinski definition) is 2. The topological polar surface area (TPSA) is 38.3 Å². The van der Waals surface area contributed by atoms with Crippen LogP contribution in [0.25, 0.3) is 0 Å². The predicted octanol–water partition coefficient (Wildman–Crippen LogP) is 1.38. The first-order chi connectivity index (χ1) is 5.45. The van der Waals surface area contributed by atoms with Gasteiger partial charge in [-0.1, -0.05) is 15.9 Å². The zero-order valence-corrected chi connectivity index (χ0v) is 7.54. The molecule has 0 aliphatic carbocycles. The highest BCUT2D eigenvalue weighted by Crippen LogP contribution is 2.13. The van der Waals surface area contributed by atoms with Crippen LogP contribution in [0.1, 0.15) is 6.42 Å². The normalized spacial score (nSPS) is 11.3. The van der Waals surface area contributed by atoms with E-state index in [9.17, 15) is 18.0 Å². The van der Waals surface area contributed by atoms with Crippen molar-refractivity contribution in [3.05, 3.63) is 0 Å². The summed E-state index contributed by atoms with van der Waals surface area (Å²) in [7, 11) is 0. The summed E-state index contributed by atoms with van der Waals surface area (Å²) in [4.78, 5) is 14.4. The average molecular weight is 250 g/mol. The SMILES string of the molecule is O=C(CCBr)NOCC(F)(F)F. The van der Waals surface area contributed by atoms with Crippen molar-refractivity contribution in [1.82, 2.24) is 5.48 Å². The second-order valence-corrected chi connectivity index (χ2v) is 2.66. The van der Waals surface area contributed by atoms with E-state index in [1.54, 1.807) is 5.48 Å². The lowest BCUT2D eigenvalue weighted by Gasteiger charge is -2.07. The summed E-state index contributed by atoms with van der Waals surface area (Å²) >= 11 is 2.94. The van der Waals surface area contributed by atoms with Gasteiger partial charge in [0.05, 0.1) is 0 Å². The largest absolute Gasteiger partial charge is 0.414 e. The number of rotatable bonds is 4. The molecule has 72 valence electrons. The Bertz CT molecular complexity index is 150. The van der Waals surface area contributed by atoms with Crippen LogP contribution in [0.2, 0.25) is 0 Å². The Labute approximate surface area is 75.3 Å². The van der Waals surface area contributed by atoms with Crippen molar-refractivity contribution < 1.29 is 22.8 Å². The molecule has 0 saturated heterocycles. The molecule has 3 nitrogen and oxygen atoms in total. The van der Waals surface area contributed by atoms with E-state index in [0.29, 0.717) is 5.33 Å². The molecule has 0 fully saturated rings. The molecule has 0 rings (SSSR count). The molecule has 0 unspecified atom stereocenters. The lowest BCUT2D eigenvalue weighted by Crippen LogP contribution is -2.29. The minimum Gasteiger partial charge on any atom is -0.273 e. The van der Waals surface area contributed by atoms with Gasteiger partial charge in [-0.2, -0.15) is 13.2 Å². The van der Waals surface area contributed by atoms with Gasteiger partial charge < -0.3 is 0 Å². The number of halogens is 4. The van der Waals surface area contributed by atoms with Crippen molar-refractivity contribution in [3.8, 4) is 0 Å². The summed E-state index contributed by atoms with van der Waals surface area (Å²) in [6.07, 6.45) is -4.33. The standard InChI is InChI=1S/C5H7BrF3NO2/c6-2-1-4(11)10-12-3-5(7,8)9/h1-3H2,(H,10,11). The zero-order valence-electron chi connectivity index (χ0n) is 5.95. The van der Waals surface area contributed by atoms with Gasteiger partial charge in [-0.15, -0.1) is 0 Å². The summed E-state index contributed by atoms with van der Waals surface area (Å²) in [5.41, 5.74) is 1.65. The number of carbonyl (C=O) groups excluding carboxylic acids is 1. The quantitative estimate of drug-likeness (QED) is 0.604. The number of carbonyl (C=O) groups is 1. The number of hydrogen-bond donors (Lipinski definition) is 1. The molecule has 0 atom stereocenters. The van der Waals surface area contributed by atoms with Gasteiger partial charge in [0.15, 0.2) is 6.61 Å². The van der Waals surface area contributed by atoms with Gasteiger partial charge >= 0.3 is 6.18 Å². The minimum absolute atomic E-state index is 0.0812. The predicted molar refractivity (Wildman–Crippen MR) is 38.6 cm³/mol. The fourth-order valence-electron chi connectivity index (χ4n) is 0.335. The van der Waals surface area contributed by atoms with E-state index >= 15 is 0 Å². The Balaban J connectivity index is 3.37. The highest BCUT2D eigenvalue weighted by atomic mass is 79.9. The van der Waals surface area contributed by atoms with E-state index in [4.69, 9.17) is 0 Å². The van der Waals surface area contributed by atoms with Crippen LogP contribution in [0.3, 0.4) is 0 Å². The summed E-state index contributed by atoms with van der Waals surface area (Å²) in [5.74, 6) is -0.587. The van der Waals surface area contributed by atoms with Gasteiger partial charge in [0.25, 0.3) is 0 Å². The molecule has 1 N–H and O–H groups in total. The van der Waals surface area contributed by atoms with Crippen LogP contribution < -0.4 is 5.48 Å². The van der Waals surface area contributed by atoms with Gasteiger partial charge in [-0.3, -0.25) is 9.63 Å². The fourth-order valence-corrected chi connectivity index (χ4v) is 0.695. The third-order valence-corrected chi connectivity index (χ3v) is 1.14. The molecule has 0 saturated carbocycles. The van der Waals surface area contributed by atoms with Gasteiger partial charge in [-0.05, 0) is 0 Å². The van der Waals surface area contributed by atoms with Crippen LogP contribution in [-0.4, -0.2) is 24.0 Å². The van der Waals surface area contributed by atoms with Gasteiger partial charge in [-0.25, -0.2) is 5.48 Å². The molecular weight excluding hydrogens is 243 g/mol. The van der Waals surface area contributed by atoms with Gasteiger partial charge in [0.2, 0.25) is 5.91 Å². The second kappa shape index (κ2) is 5.36. The lowest BCUT2D eigenvalue weighted by molar-refractivity contribution is -0.191.